The van der Waals surface area contributed by atoms with Gasteiger partial charge >= 0.3 is 5.97 Å². The summed E-state index contributed by atoms with van der Waals surface area (Å²) in [5, 5.41) is 16.3. The number of carboxylic acid groups (broad SMARTS) is 1. The van der Waals surface area contributed by atoms with Crippen molar-refractivity contribution in [1.82, 2.24) is 15.0 Å². The maximum Gasteiger partial charge on any atom is 0.358 e. The molecule has 1 aromatic heterocycles. The number of carboxylic acids is 1. The lowest BCUT2D eigenvalue weighted by Crippen LogP contribution is -2.09. The first kappa shape index (κ1) is 13.5. The zero-order valence-corrected chi connectivity index (χ0v) is 10.9. The van der Waals surface area contributed by atoms with E-state index in [1.807, 2.05) is 0 Å². The van der Waals surface area contributed by atoms with Crippen LogP contribution < -0.4 is 0 Å². The highest BCUT2D eigenvalue weighted by Crippen LogP contribution is 2.19. The number of hydrogen-bond acceptors (Lipinski definition) is 3. The van der Waals surface area contributed by atoms with Crippen LogP contribution in [0, 0.1) is 5.82 Å². The van der Waals surface area contributed by atoms with E-state index in [-0.39, 0.29) is 17.3 Å². The fraction of sp³-hybridized carbons (Fsp3) is 0.250. The number of carbonyl (C=O) groups is 1. The van der Waals surface area contributed by atoms with Crippen molar-refractivity contribution in [1.29, 1.82) is 0 Å². The van der Waals surface area contributed by atoms with E-state index in [9.17, 15) is 9.18 Å². The average Bonchev–Trinajstić information content (AvgIpc) is 2.78. The van der Waals surface area contributed by atoms with Crippen LogP contribution in [0.25, 0.3) is 0 Å². The van der Waals surface area contributed by atoms with Crippen LogP contribution in [0.5, 0.6) is 0 Å². The summed E-state index contributed by atoms with van der Waals surface area (Å²) in [5.41, 5.74) is 0.681. The second-order valence-electron chi connectivity index (χ2n) is 3.91. The fourth-order valence-corrected chi connectivity index (χ4v) is 2.00. The van der Waals surface area contributed by atoms with Gasteiger partial charge in [0.1, 0.15) is 5.82 Å². The maximum atomic E-state index is 13.8. The van der Waals surface area contributed by atoms with Crippen LogP contribution in [0.3, 0.4) is 0 Å². The highest BCUT2D eigenvalue weighted by atomic mass is 35.5. The molecule has 0 aliphatic carbocycles. The minimum absolute atomic E-state index is 0.0223. The Bertz CT molecular complexity index is 627. The molecule has 0 aliphatic rings. The lowest BCUT2D eigenvalue weighted by atomic mass is 10.2. The summed E-state index contributed by atoms with van der Waals surface area (Å²) in [6.07, 6.45) is 0.441. The molecule has 1 heterocycles. The van der Waals surface area contributed by atoms with E-state index in [4.69, 9.17) is 16.7 Å². The molecular formula is C12H11ClFN3O2. The lowest BCUT2D eigenvalue weighted by Gasteiger charge is -2.07. The van der Waals surface area contributed by atoms with Crippen LogP contribution in [0.4, 0.5) is 4.39 Å². The van der Waals surface area contributed by atoms with Crippen LogP contribution in [0.15, 0.2) is 18.2 Å². The van der Waals surface area contributed by atoms with Crippen molar-refractivity contribution in [3.63, 3.8) is 0 Å². The summed E-state index contributed by atoms with van der Waals surface area (Å²) in [7, 11) is 0. The first-order valence-corrected chi connectivity index (χ1v) is 6.01. The Hall–Kier alpha value is -1.95. The van der Waals surface area contributed by atoms with Gasteiger partial charge in [0.15, 0.2) is 5.69 Å². The van der Waals surface area contributed by atoms with Gasteiger partial charge in [-0.2, -0.15) is 0 Å². The number of benzene rings is 1. The van der Waals surface area contributed by atoms with E-state index in [1.165, 1.54) is 10.7 Å². The van der Waals surface area contributed by atoms with Crippen molar-refractivity contribution in [3.05, 3.63) is 46.0 Å². The van der Waals surface area contributed by atoms with Gasteiger partial charge in [-0.05, 0) is 12.5 Å². The molecule has 0 radical (unpaired) electrons. The minimum atomic E-state index is -1.14. The average molecular weight is 284 g/mol. The molecule has 5 nitrogen and oxygen atoms in total. The number of rotatable bonds is 4. The predicted molar refractivity (Wildman–Crippen MR) is 66.9 cm³/mol. The minimum Gasteiger partial charge on any atom is -0.476 e. The van der Waals surface area contributed by atoms with Crippen molar-refractivity contribution in [2.75, 3.05) is 0 Å². The van der Waals surface area contributed by atoms with Crippen molar-refractivity contribution >= 4 is 17.6 Å². The Balaban J connectivity index is 2.39. The predicted octanol–water partition coefficient (Wildman–Crippen LogP) is 2.38. The molecule has 0 saturated heterocycles. The van der Waals surface area contributed by atoms with Crippen molar-refractivity contribution in [2.24, 2.45) is 0 Å². The number of hydrogen-bond donors (Lipinski definition) is 1. The van der Waals surface area contributed by atoms with Gasteiger partial charge < -0.3 is 5.11 Å². The second kappa shape index (κ2) is 5.36. The lowest BCUT2D eigenvalue weighted by molar-refractivity contribution is 0.0689. The summed E-state index contributed by atoms with van der Waals surface area (Å²) < 4.78 is 15.2. The van der Waals surface area contributed by atoms with Crippen LogP contribution >= 0.6 is 11.6 Å². The SMILES string of the molecule is CCc1c(C(=O)O)nnn1Cc1cccc(Cl)c1F. The molecule has 0 spiro atoms. The van der Waals surface area contributed by atoms with Gasteiger partial charge in [-0.1, -0.05) is 35.9 Å². The van der Waals surface area contributed by atoms with E-state index in [0.717, 1.165) is 0 Å². The third kappa shape index (κ3) is 2.58. The normalized spacial score (nSPS) is 10.7. The molecular weight excluding hydrogens is 273 g/mol. The number of halogens is 2. The molecule has 19 heavy (non-hydrogen) atoms. The highest BCUT2D eigenvalue weighted by Gasteiger charge is 2.18. The molecule has 1 aromatic carbocycles. The smallest absolute Gasteiger partial charge is 0.358 e. The Morgan fingerprint density at radius 3 is 2.89 bits per heavy atom. The van der Waals surface area contributed by atoms with E-state index in [1.54, 1.807) is 19.1 Å². The molecule has 1 N–H and O–H groups in total. The van der Waals surface area contributed by atoms with E-state index < -0.39 is 11.8 Å². The first-order chi connectivity index (χ1) is 9.04. The summed E-state index contributed by atoms with van der Waals surface area (Å²) in [5.74, 6) is -1.67. The number of nitrogens with zero attached hydrogens (tertiary/aromatic N) is 3. The third-order valence-corrected chi connectivity index (χ3v) is 3.02. The molecule has 0 unspecified atom stereocenters. The Labute approximate surface area is 113 Å². The highest BCUT2D eigenvalue weighted by molar-refractivity contribution is 6.30. The topological polar surface area (TPSA) is 68.0 Å². The van der Waals surface area contributed by atoms with Crippen LogP contribution in [0.2, 0.25) is 5.02 Å². The fourth-order valence-electron chi connectivity index (χ4n) is 1.81. The standard InChI is InChI=1S/C12H11ClFN3O2/c1-2-9-11(12(18)19)15-16-17(9)6-7-4-3-5-8(13)10(7)14/h3-5H,2,6H2,1H3,(H,18,19). The van der Waals surface area contributed by atoms with Crippen molar-refractivity contribution in [2.45, 2.75) is 19.9 Å². The zero-order chi connectivity index (χ0) is 14.0. The monoisotopic (exact) mass is 283 g/mol. The van der Waals surface area contributed by atoms with Gasteiger partial charge in [0.05, 0.1) is 17.3 Å². The molecule has 0 atom stereocenters. The van der Waals surface area contributed by atoms with Gasteiger partial charge in [0, 0.05) is 5.56 Å². The Morgan fingerprint density at radius 2 is 2.26 bits per heavy atom. The summed E-state index contributed by atoms with van der Waals surface area (Å²) in [6.45, 7) is 1.88. The molecule has 0 amide bonds. The van der Waals surface area contributed by atoms with Gasteiger partial charge in [-0.15, -0.1) is 5.10 Å². The summed E-state index contributed by atoms with van der Waals surface area (Å²) in [6, 6.07) is 4.65. The number of aromatic nitrogens is 3. The van der Waals surface area contributed by atoms with E-state index >= 15 is 0 Å². The van der Waals surface area contributed by atoms with Gasteiger partial charge in [-0.3, -0.25) is 0 Å². The third-order valence-electron chi connectivity index (χ3n) is 2.73. The largest absolute Gasteiger partial charge is 0.476 e. The molecule has 0 bridgehead atoms. The van der Waals surface area contributed by atoms with E-state index in [2.05, 4.69) is 10.3 Å². The molecule has 0 aliphatic heterocycles. The Morgan fingerprint density at radius 1 is 1.53 bits per heavy atom. The zero-order valence-electron chi connectivity index (χ0n) is 10.1. The quantitative estimate of drug-likeness (QED) is 0.935. The summed E-state index contributed by atoms with van der Waals surface area (Å²) >= 11 is 5.69. The molecule has 7 heteroatoms. The van der Waals surface area contributed by atoms with E-state index in [0.29, 0.717) is 17.7 Å². The molecule has 100 valence electrons. The molecule has 2 aromatic rings. The Kier molecular flexibility index (Phi) is 3.80. The molecule has 2 rings (SSSR count). The maximum absolute atomic E-state index is 13.8. The van der Waals surface area contributed by atoms with Crippen LogP contribution in [-0.2, 0) is 13.0 Å². The first-order valence-electron chi connectivity index (χ1n) is 5.63. The van der Waals surface area contributed by atoms with Crippen LogP contribution in [0.1, 0.15) is 28.7 Å². The molecule has 0 saturated carbocycles. The molecule has 0 fully saturated rings. The van der Waals surface area contributed by atoms with Gasteiger partial charge in [0.2, 0.25) is 0 Å². The second-order valence-corrected chi connectivity index (χ2v) is 4.32. The van der Waals surface area contributed by atoms with Crippen molar-refractivity contribution in [3.8, 4) is 0 Å². The van der Waals surface area contributed by atoms with Crippen molar-refractivity contribution < 1.29 is 14.3 Å². The van der Waals surface area contributed by atoms with Gasteiger partial charge in [-0.25, -0.2) is 13.9 Å². The van der Waals surface area contributed by atoms with Gasteiger partial charge in [0.25, 0.3) is 0 Å². The summed E-state index contributed by atoms with van der Waals surface area (Å²) in [4.78, 5) is 11.0. The van der Waals surface area contributed by atoms with Crippen LogP contribution in [-0.4, -0.2) is 26.1 Å². The number of aromatic carboxylic acids is 1.